The molecule has 2 aromatic heterocycles. The molecular weight excluding hydrogens is 334 g/mol. The van der Waals surface area contributed by atoms with Crippen LogP contribution in [-0.4, -0.2) is 27.4 Å². The number of nitrogens with zero attached hydrogens (tertiary/aromatic N) is 3. The van der Waals surface area contributed by atoms with Crippen LogP contribution in [0.1, 0.15) is 74.7 Å². The molecule has 2 aliphatic rings. The first-order chi connectivity index (χ1) is 13.2. The van der Waals surface area contributed by atoms with Gasteiger partial charge < -0.3 is 4.74 Å². The summed E-state index contributed by atoms with van der Waals surface area (Å²) in [5, 5.41) is 8.15. The highest BCUT2D eigenvalue weighted by Crippen LogP contribution is 2.50. The van der Waals surface area contributed by atoms with Gasteiger partial charge in [-0.05, 0) is 75.6 Å². The topological polar surface area (TPSA) is 47.9 Å². The van der Waals surface area contributed by atoms with Gasteiger partial charge in [0.1, 0.15) is 0 Å². The van der Waals surface area contributed by atoms with E-state index in [0.29, 0.717) is 0 Å². The van der Waals surface area contributed by atoms with Crippen molar-refractivity contribution >= 4 is 0 Å². The maximum atomic E-state index is 6.35. The standard InChI is InChI=1S/C23H31N3O/c1-19-16-20(17-25-26-19)8-2-4-10-22(21-9-3-7-14-24-21)13-15-27-23(18-22)11-5-6-12-23/h3,7,9,14,16-17H,2,4-6,8,10-13,15,18H2,1H3/t22-/m1/s1. The van der Waals surface area contributed by atoms with Gasteiger partial charge in [0.2, 0.25) is 0 Å². The molecule has 27 heavy (non-hydrogen) atoms. The summed E-state index contributed by atoms with van der Waals surface area (Å²) in [6.45, 7) is 2.89. The zero-order valence-corrected chi connectivity index (χ0v) is 16.5. The third-order valence-electron chi connectivity index (χ3n) is 6.58. The van der Waals surface area contributed by atoms with Gasteiger partial charge in [-0.25, -0.2) is 0 Å². The van der Waals surface area contributed by atoms with E-state index in [-0.39, 0.29) is 11.0 Å². The van der Waals surface area contributed by atoms with Gasteiger partial charge >= 0.3 is 0 Å². The molecular formula is C23H31N3O. The second-order valence-electron chi connectivity index (χ2n) is 8.57. The molecule has 1 saturated heterocycles. The second-order valence-corrected chi connectivity index (χ2v) is 8.57. The fourth-order valence-electron chi connectivity index (χ4n) is 5.25. The Balaban J connectivity index is 1.45. The number of hydrogen-bond donors (Lipinski definition) is 0. The van der Waals surface area contributed by atoms with E-state index in [4.69, 9.17) is 9.72 Å². The number of rotatable bonds is 6. The summed E-state index contributed by atoms with van der Waals surface area (Å²) in [7, 11) is 0. The molecule has 0 amide bonds. The molecule has 4 nitrogen and oxygen atoms in total. The zero-order chi connectivity index (χ0) is 18.6. The highest BCUT2D eigenvalue weighted by atomic mass is 16.5. The van der Waals surface area contributed by atoms with Gasteiger partial charge in [0.15, 0.2) is 0 Å². The summed E-state index contributed by atoms with van der Waals surface area (Å²) < 4.78 is 6.35. The van der Waals surface area contributed by atoms with E-state index in [1.54, 1.807) is 0 Å². The minimum atomic E-state index is 0.113. The summed E-state index contributed by atoms with van der Waals surface area (Å²) in [6, 6.07) is 8.57. The molecule has 1 atom stereocenters. The normalized spacial score (nSPS) is 24.3. The molecule has 0 aromatic carbocycles. The molecule has 0 N–H and O–H groups in total. The smallest absolute Gasteiger partial charge is 0.0691 e. The minimum Gasteiger partial charge on any atom is -0.375 e. The maximum absolute atomic E-state index is 6.35. The Hall–Kier alpha value is -1.81. The van der Waals surface area contributed by atoms with Gasteiger partial charge in [0.05, 0.1) is 17.5 Å². The average molecular weight is 366 g/mol. The van der Waals surface area contributed by atoms with Crippen LogP contribution in [0, 0.1) is 6.92 Å². The van der Waals surface area contributed by atoms with Crippen LogP contribution in [0.15, 0.2) is 36.7 Å². The number of hydrogen-bond acceptors (Lipinski definition) is 4. The zero-order valence-electron chi connectivity index (χ0n) is 16.5. The molecule has 0 radical (unpaired) electrons. The third-order valence-corrected chi connectivity index (χ3v) is 6.58. The molecule has 1 aliphatic heterocycles. The number of ether oxygens (including phenoxy) is 1. The summed E-state index contributed by atoms with van der Waals surface area (Å²) >= 11 is 0. The lowest BCUT2D eigenvalue weighted by molar-refractivity contribution is -0.104. The summed E-state index contributed by atoms with van der Waals surface area (Å²) in [4.78, 5) is 4.80. The third kappa shape index (κ3) is 4.21. The van der Waals surface area contributed by atoms with Gasteiger partial charge in [-0.2, -0.15) is 10.2 Å². The van der Waals surface area contributed by atoms with Crippen molar-refractivity contribution in [1.82, 2.24) is 15.2 Å². The average Bonchev–Trinajstić information content (AvgIpc) is 3.13. The van der Waals surface area contributed by atoms with Crippen molar-refractivity contribution in [2.24, 2.45) is 0 Å². The van der Waals surface area contributed by atoms with Crippen molar-refractivity contribution in [3.8, 4) is 0 Å². The van der Waals surface area contributed by atoms with Crippen LogP contribution < -0.4 is 0 Å². The van der Waals surface area contributed by atoms with E-state index in [1.807, 2.05) is 25.4 Å². The first-order valence-electron chi connectivity index (χ1n) is 10.5. The quantitative estimate of drug-likeness (QED) is 0.679. The van der Waals surface area contributed by atoms with Gasteiger partial charge in [0.25, 0.3) is 0 Å². The lowest BCUT2D eigenvalue weighted by Gasteiger charge is -2.46. The number of unbranched alkanes of at least 4 members (excludes halogenated alkanes) is 1. The van der Waals surface area contributed by atoms with Crippen LogP contribution in [0.2, 0.25) is 0 Å². The van der Waals surface area contributed by atoms with Gasteiger partial charge in [-0.3, -0.25) is 4.98 Å². The van der Waals surface area contributed by atoms with E-state index in [1.165, 1.54) is 56.2 Å². The van der Waals surface area contributed by atoms with Crippen LogP contribution in [0.5, 0.6) is 0 Å². The molecule has 2 aromatic rings. The van der Waals surface area contributed by atoms with Crippen molar-refractivity contribution < 1.29 is 4.74 Å². The predicted molar refractivity (Wildman–Crippen MR) is 107 cm³/mol. The predicted octanol–water partition coefficient (Wildman–Crippen LogP) is 4.95. The summed E-state index contributed by atoms with van der Waals surface area (Å²) in [5.41, 5.74) is 3.87. The molecule has 1 aliphatic carbocycles. The molecule has 0 unspecified atom stereocenters. The van der Waals surface area contributed by atoms with E-state index < -0.39 is 0 Å². The Morgan fingerprint density at radius 3 is 2.78 bits per heavy atom. The molecule has 2 fully saturated rings. The minimum absolute atomic E-state index is 0.113. The fraction of sp³-hybridized carbons (Fsp3) is 0.609. The molecule has 1 saturated carbocycles. The number of aromatic nitrogens is 3. The molecule has 4 rings (SSSR count). The number of aryl methyl sites for hydroxylation is 2. The van der Waals surface area contributed by atoms with E-state index >= 15 is 0 Å². The second kappa shape index (κ2) is 8.05. The first-order valence-corrected chi connectivity index (χ1v) is 10.5. The van der Waals surface area contributed by atoms with Crippen LogP contribution in [0.25, 0.3) is 0 Å². The van der Waals surface area contributed by atoms with Crippen molar-refractivity contribution in [1.29, 1.82) is 0 Å². The molecule has 4 heteroatoms. The summed E-state index contributed by atoms with van der Waals surface area (Å²) in [6.07, 6.45) is 15.9. The monoisotopic (exact) mass is 365 g/mol. The van der Waals surface area contributed by atoms with Gasteiger partial charge in [-0.1, -0.05) is 25.3 Å². The highest BCUT2D eigenvalue weighted by molar-refractivity contribution is 5.20. The lowest BCUT2D eigenvalue weighted by atomic mass is 9.67. The van der Waals surface area contributed by atoms with E-state index in [2.05, 4.69) is 28.4 Å². The van der Waals surface area contributed by atoms with Crippen LogP contribution in [0.3, 0.4) is 0 Å². The Kier molecular flexibility index (Phi) is 5.53. The maximum Gasteiger partial charge on any atom is 0.0691 e. The summed E-state index contributed by atoms with van der Waals surface area (Å²) in [5.74, 6) is 0. The molecule has 1 spiro atoms. The Morgan fingerprint density at radius 2 is 2.00 bits per heavy atom. The van der Waals surface area contributed by atoms with E-state index in [9.17, 15) is 0 Å². The highest BCUT2D eigenvalue weighted by Gasteiger charge is 2.48. The molecule has 144 valence electrons. The lowest BCUT2D eigenvalue weighted by Crippen LogP contribution is -2.46. The van der Waals surface area contributed by atoms with Gasteiger partial charge in [-0.15, -0.1) is 0 Å². The Bertz CT molecular complexity index is 742. The van der Waals surface area contributed by atoms with Crippen molar-refractivity contribution in [2.45, 2.75) is 82.1 Å². The van der Waals surface area contributed by atoms with Gasteiger partial charge in [0, 0.05) is 23.9 Å². The first kappa shape index (κ1) is 18.5. The fourth-order valence-corrected chi connectivity index (χ4v) is 5.25. The number of pyridine rings is 1. The van der Waals surface area contributed by atoms with Crippen LogP contribution >= 0.6 is 0 Å². The Morgan fingerprint density at radius 1 is 1.11 bits per heavy atom. The largest absolute Gasteiger partial charge is 0.375 e. The van der Waals surface area contributed by atoms with Crippen molar-refractivity contribution in [2.75, 3.05) is 6.61 Å². The van der Waals surface area contributed by atoms with Crippen LogP contribution in [-0.2, 0) is 16.6 Å². The van der Waals surface area contributed by atoms with E-state index in [0.717, 1.165) is 31.6 Å². The van der Waals surface area contributed by atoms with Crippen molar-refractivity contribution in [3.05, 3.63) is 53.6 Å². The Labute approximate surface area is 162 Å². The van der Waals surface area contributed by atoms with Crippen LogP contribution in [0.4, 0.5) is 0 Å². The molecule has 3 heterocycles. The SMILES string of the molecule is Cc1cc(CCCC[C@@]2(c3ccccn3)CCOC3(CCCC3)C2)cnn1. The van der Waals surface area contributed by atoms with Crippen molar-refractivity contribution in [3.63, 3.8) is 0 Å². The molecule has 0 bridgehead atoms.